The third kappa shape index (κ3) is 652. The first kappa shape index (κ1) is 15.8. The summed E-state index contributed by atoms with van der Waals surface area (Å²) in [6.45, 7) is 8.14. The van der Waals surface area contributed by atoms with Gasteiger partial charge in [0.1, 0.15) is 0 Å². The predicted octanol–water partition coefficient (Wildman–Crippen LogP) is -1.11. The zero-order valence-corrected chi connectivity index (χ0v) is 6.86. The standard InChI is InChI=1S/C3H9N.C3H8.Li.H/c1-3(2)4;1-3-2;;/h3H,4H2,1-2H3;3H2,1-2H3;;/q;;+1;-1. The minimum Gasteiger partial charge on any atom is -1.00 e. The molecule has 0 rings (SSSR count). The Kier molecular flexibility index (Phi) is 30.9. The van der Waals surface area contributed by atoms with Gasteiger partial charge in [0.2, 0.25) is 0 Å². The monoisotopic (exact) mass is 111 g/mol. The van der Waals surface area contributed by atoms with Crippen molar-refractivity contribution in [1.29, 1.82) is 0 Å². The maximum absolute atomic E-state index is 5.11. The average molecular weight is 111 g/mol. The van der Waals surface area contributed by atoms with Gasteiger partial charge in [-0.2, -0.15) is 0 Å². The van der Waals surface area contributed by atoms with E-state index in [1.807, 2.05) is 13.8 Å². The second-order valence-electron chi connectivity index (χ2n) is 1.95. The SMILES string of the molecule is CC(C)N.CCC.[H-].[Li+]. The van der Waals surface area contributed by atoms with Crippen LogP contribution in [0.2, 0.25) is 0 Å². The molecule has 0 aromatic rings. The van der Waals surface area contributed by atoms with Crippen LogP contribution < -0.4 is 24.6 Å². The van der Waals surface area contributed by atoms with Gasteiger partial charge in [0, 0.05) is 0 Å². The van der Waals surface area contributed by atoms with Crippen LogP contribution in [0, 0.1) is 0 Å². The van der Waals surface area contributed by atoms with Gasteiger partial charge in [0.05, 0.1) is 0 Å². The predicted molar refractivity (Wildman–Crippen MR) is 36.4 cm³/mol. The van der Waals surface area contributed by atoms with Crippen molar-refractivity contribution < 1.29 is 20.3 Å². The summed E-state index contributed by atoms with van der Waals surface area (Å²) in [5, 5.41) is 0. The van der Waals surface area contributed by atoms with Crippen LogP contribution in [-0.4, -0.2) is 6.04 Å². The summed E-state index contributed by atoms with van der Waals surface area (Å²) in [4.78, 5) is 0. The van der Waals surface area contributed by atoms with Gasteiger partial charge in [-0.15, -0.1) is 0 Å². The Hall–Kier alpha value is 0.557. The first-order valence-electron chi connectivity index (χ1n) is 2.90. The molecule has 0 unspecified atom stereocenters. The second kappa shape index (κ2) is 15.6. The number of hydrogen-bond acceptors (Lipinski definition) is 1. The summed E-state index contributed by atoms with van der Waals surface area (Å²) in [7, 11) is 0. The van der Waals surface area contributed by atoms with Crippen LogP contribution in [0.5, 0.6) is 0 Å². The maximum atomic E-state index is 5.11. The molecular weight excluding hydrogens is 93.0 g/mol. The first-order chi connectivity index (χ1) is 3.15. The Morgan fingerprint density at radius 1 is 1.38 bits per heavy atom. The van der Waals surface area contributed by atoms with Crippen LogP contribution in [0.1, 0.15) is 35.5 Å². The van der Waals surface area contributed by atoms with Crippen LogP contribution in [-0.2, 0) is 0 Å². The summed E-state index contributed by atoms with van der Waals surface area (Å²) < 4.78 is 0. The molecular formula is C6H18LiN. The number of hydrogen-bond donors (Lipinski definition) is 1. The van der Waals surface area contributed by atoms with Gasteiger partial charge in [-0.25, -0.2) is 0 Å². The fourth-order valence-electron chi connectivity index (χ4n) is 0. The van der Waals surface area contributed by atoms with Gasteiger partial charge in [-0.3, -0.25) is 0 Å². The van der Waals surface area contributed by atoms with Gasteiger partial charge in [0.25, 0.3) is 0 Å². The van der Waals surface area contributed by atoms with Crippen molar-refractivity contribution in [3.05, 3.63) is 0 Å². The average Bonchev–Trinajstić information content (AvgIpc) is 1.33. The van der Waals surface area contributed by atoms with E-state index in [4.69, 9.17) is 5.73 Å². The molecule has 0 aliphatic carbocycles. The fraction of sp³-hybridized carbons (Fsp3) is 1.00. The molecule has 0 aliphatic heterocycles. The van der Waals surface area contributed by atoms with E-state index in [0.29, 0.717) is 6.04 Å². The summed E-state index contributed by atoms with van der Waals surface area (Å²) >= 11 is 0. The zero-order valence-electron chi connectivity index (χ0n) is 7.86. The Balaban J connectivity index is -0.0000000233. The Labute approximate surface area is 66.7 Å². The van der Waals surface area contributed by atoms with E-state index in [1.54, 1.807) is 0 Å². The number of nitrogens with two attached hydrogens (primary N) is 1. The molecule has 0 fully saturated rings. The summed E-state index contributed by atoms with van der Waals surface area (Å²) in [5.41, 5.74) is 5.11. The van der Waals surface area contributed by atoms with Crippen molar-refractivity contribution in [1.82, 2.24) is 0 Å². The van der Waals surface area contributed by atoms with Crippen molar-refractivity contribution in [2.45, 2.75) is 40.2 Å². The minimum absolute atomic E-state index is 0. The summed E-state index contributed by atoms with van der Waals surface area (Å²) in [5.74, 6) is 0. The van der Waals surface area contributed by atoms with Gasteiger partial charge >= 0.3 is 18.9 Å². The van der Waals surface area contributed by atoms with E-state index in [2.05, 4.69) is 13.8 Å². The van der Waals surface area contributed by atoms with E-state index in [0.717, 1.165) is 0 Å². The maximum Gasteiger partial charge on any atom is 1.00 e. The van der Waals surface area contributed by atoms with Crippen molar-refractivity contribution in [3.8, 4) is 0 Å². The molecule has 0 amide bonds. The zero-order chi connectivity index (χ0) is 6.28. The minimum atomic E-state index is 0. The van der Waals surface area contributed by atoms with E-state index in [-0.39, 0.29) is 20.3 Å². The Bertz CT molecular complexity index is 24.3. The molecule has 2 N–H and O–H groups in total. The largest absolute Gasteiger partial charge is 1.00 e. The summed E-state index contributed by atoms with van der Waals surface area (Å²) in [6, 6.07) is 0.333. The molecule has 0 spiro atoms. The van der Waals surface area contributed by atoms with E-state index in [9.17, 15) is 0 Å². The van der Waals surface area contributed by atoms with Gasteiger partial charge in [-0.05, 0) is 6.04 Å². The van der Waals surface area contributed by atoms with Crippen LogP contribution in [0.4, 0.5) is 0 Å². The van der Waals surface area contributed by atoms with Crippen LogP contribution in [0.25, 0.3) is 0 Å². The third-order valence-corrected chi connectivity index (χ3v) is 0. The van der Waals surface area contributed by atoms with Crippen molar-refractivity contribution >= 4 is 0 Å². The molecule has 0 aliphatic rings. The van der Waals surface area contributed by atoms with Crippen molar-refractivity contribution in [2.24, 2.45) is 5.73 Å². The summed E-state index contributed by atoms with van der Waals surface area (Å²) in [6.07, 6.45) is 1.25. The van der Waals surface area contributed by atoms with Crippen LogP contribution >= 0.6 is 0 Å². The normalized spacial score (nSPS) is 6.75. The number of rotatable bonds is 0. The smallest absolute Gasteiger partial charge is 1.00 e. The molecule has 0 saturated carbocycles. The Morgan fingerprint density at radius 2 is 1.38 bits per heavy atom. The molecule has 0 atom stereocenters. The van der Waals surface area contributed by atoms with Crippen LogP contribution in [0.3, 0.4) is 0 Å². The van der Waals surface area contributed by atoms with Gasteiger partial charge in [-0.1, -0.05) is 34.1 Å². The molecule has 0 saturated heterocycles. The second-order valence-corrected chi connectivity index (χ2v) is 1.95. The van der Waals surface area contributed by atoms with Gasteiger partial charge in [0.15, 0.2) is 0 Å². The fourth-order valence-corrected chi connectivity index (χ4v) is 0. The van der Waals surface area contributed by atoms with E-state index < -0.39 is 0 Å². The van der Waals surface area contributed by atoms with Gasteiger partial charge < -0.3 is 7.16 Å². The van der Waals surface area contributed by atoms with Crippen LogP contribution in [0.15, 0.2) is 0 Å². The molecule has 0 radical (unpaired) electrons. The van der Waals surface area contributed by atoms with E-state index in [1.165, 1.54) is 6.42 Å². The molecule has 0 aromatic heterocycles. The first-order valence-corrected chi connectivity index (χ1v) is 2.90. The molecule has 0 bridgehead atoms. The molecule has 0 aromatic carbocycles. The third-order valence-electron chi connectivity index (χ3n) is 0. The molecule has 1 nitrogen and oxygen atoms in total. The van der Waals surface area contributed by atoms with Crippen molar-refractivity contribution in [2.75, 3.05) is 0 Å². The van der Waals surface area contributed by atoms with E-state index >= 15 is 0 Å². The molecule has 8 heavy (non-hydrogen) atoms. The quantitative estimate of drug-likeness (QED) is 0.394. The molecule has 2 heteroatoms. The molecule has 48 valence electrons. The Morgan fingerprint density at radius 3 is 1.38 bits per heavy atom. The topological polar surface area (TPSA) is 26.0 Å². The molecule has 0 heterocycles. The van der Waals surface area contributed by atoms with Crippen molar-refractivity contribution in [3.63, 3.8) is 0 Å².